The Balaban J connectivity index is 2.29. The van der Waals surface area contributed by atoms with Crippen LogP contribution < -0.4 is 0 Å². The minimum absolute atomic E-state index is 0.765. The zero-order chi connectivity index (χ0) is 12.1. The third kappa shape index (κ3) is 1.09. The molecule has 3 aromatic heterocycles. The van der Waals surface area contributed by atoms with Gasteiger partial charge in [0.2, 0.25) is 5.78 Å². The Hall–Kier alpha value is -2.36. The summed E-state index contributed by atoms with van der Waals surface area (Å²) in [5.74, 6) is 0.765. The molecule has 0 aliphatic carbocycles. The highest BCUT2D eigenvalue weighted by Crippen LogP contribution is 2.25. The van der Waals surface area contributed by atoms with Gasteiger partial charge in [0.1, 0.15) is 11.2 Å². The van der Waals surface area contributed by atoms with E-state index in [-0.39, 0.29) is 0 Å². The highest BCUT2D eigenvalue weighted by atomic mass is 15.1. The summed E-state index contributed by atoms with van der Waals surface area (Å²) >= 11 is 0. The van der Waals surface area contributed by atoms with Gasteiger partial charge in [-0.2, -0.15) is 0 Å². The number of aromatic amines is 1. The maximum absolute atomic E-state index is 4.63. The lowest BCUT2D eigenvalue weighted by Gasteiger charge is -2.00. The highest BCUT2D eigenvalue weighted by molar-refractivity contribution is 6.05. The van der Waals surface area contributed by atoms with Crippen LogP contribution in [0.4, 0.5) is 0 Å². The van der Waals surface area contributed by atoms with Crippen molar-refractivity contribution in [3.05, 3.63) is 42.2 Å². The number of rotatable bonds is 1. The standard InChI is InChI=1S/C14H12N4/c1-2-9-7-8-15-14-17-12-10-5-3-4-6-11(10)16-13(12)18(9)14/h3-8,16H,2H2,1H3. The van der Waals surface area contributed by atoms with Crippen molar-refractivity contribution in [3.63, 3.8) is 0 Å². The van der Waals surface area contributed by atoms with Crippen molar-refractivity contribution >= 4 is 27.8 Å². The third-order valence-electron chi connectivity index (χ3n) is 3.40. The predicted molar refractivity (Wildman–Crippen MR) is 71.7 cm³/mol. The molecule has 0 unspecified atom stereocenters. The lowest BCUT2D eigenvalue weighted by atomic mass is 10.2. The van der Waals surface area contributed by atoms with Crippen molar-refractivity contribution in [1.29, 1.82) is 0 Å². The molecule has 0 fully saturated rings. The Morgan fingerprint density at radius 1 is 1.22 bits per heavy atom. The maximum atomic E-state index is 4.63. The zero-order valence-electron chi connectivity index (χ0n) is 10.0. The molecule has 4 heteroatoms. The van der Waals surface area contributed by atoms with E-state index in [2.05, 4.69) is 38.4 Å². The molecule has 18 heavy (non-hydrogen) atoms. The molecule has 1 N–H and O–H groups in total. The van der Waals surface area contributed by atoms with E-state index in [4.69, 9.17) is 0 Å². The average Bonchev–Trinajstić information content (AvgIpc) is 2.94. The van der Waals surface area contributed by atoms with Crippen LogP contribution in [0.25, 0.3) is 27.8 Å². The molecule has 3 heterocycles. The number of nitrogens with one attached hydrogen (secondary N) is 1. The fourth-order valence-electron chi connectivity index (χ4n) is 2.54. The summed E-state index contributed by atoms with van der Waals surface area (Å²) in [6, 6.07) is 10.3. The fourth-order valence-corrected chi connectivity index (χ4v) is 2.54. The van der Waals surface area contributed by atoms with Gasteiger partial charge in [0, 0.05) is 22.8 Å². The van der Waals surface area contributed by atoms with E-state index in [1.54, 1.807) is 0 Å². The Labute approximate surface area is 103 Å². The van der Waals surface area contributed by atoms with Crippen molar-refractivity contribution in [2.24, 2.45) is 0 Å². The molecule has 1 aromatic carbocycles. The molecule has 0 atom stereocenters. The lowest BCUT2D eigenvalue weighted by molar-refractivity contribution is 0.964. The molecule has 0 saturated carbocycles. The van der Waals surface area contributed by atoms with E-state index in [1.807, 2.05) is 24.4 Å². The molecule has 0 radical (unpaired) electrons. The fraction of sp³-hybridized carbons (Fsp3) is 0.143. The van der Waals surface area contributed by atoms with Gasteiger partial charge in [0.15, 0.2) is 0 Å². The van der Waals surface area contributed by atoms with Gasteiger partial charge in [-0.15, -0.1) is 0 Å². The predicted octanol–water partition coefficient (Wildman–Crippen LogP) is 2.93. The van der Waals surface area contributed by atoms with Gasteiger partial charge >= 0.3 is 0 Å². The summed E-state index contributed by atoms with van der Waals surface area (Å²) < 4.78 is 2.11. The summed E-state index contributed by atoms with van der Waals surface area (Å²) in [6.45, 7) is 2.14. The van der Waals surface area contributed by atoms with Crippen LogP contribution >= 0.6 is 0 Å². The first kappa shape index (κ1) is 9.65. The number of benzene rings is 1. The van der Waals surface area contributed by atoms with Crippen LogP contribution in [0.1, 0.15) is 12.6 Å². The van der Waals surface area contributed by atoms with E-state index in [9.17, 15) is 0 Å². The van der Waals surface area contributed by atoms with E-state index in [0.29, 0.717) is 0 Å². The third-order valence-corrected chi connectivity index (χ3v) is 3.40. The van der Waals surface area contributed by atoms with Crippen molar-refractivity contribution in [2.45, 2.75) is 13.3 Å². The number of imidazole rings is 1. The van der Waals surface area contributed by atoms with Crippen molar-refractivity contribution in [2.75, 3.05) is 0 Å². The second-order valence-corrected chi connectivity index (χ2v) is 4.40. The summed E-state index contributed by atoms with van der Waals surface area (Å²) in [5, 5.41) is 1.15. The van der Waals surface area contributed by atoms with Gasteiger partial charge in [-0.25, -0.2) is 9.97 Å². The number of nitrogens with zero attached hydrogens (tertiary/aromatic N) is 3. The highest BCUT2D eigenvalue weighted by Gasteiger charge is 2.13. The van der Waals surface area contributed by atoms with Crippen LogP contribution in [0, 0.1) is 0 Å². The Kier molecular flexibility index (Phi) is 1.78. The lowest BCUT2D eigenvalue weighted by Crippen LogP contribution is -1.96. The summed E-state index contributed by atoms with van der Waals surface area (Å²) in [4.78, 5) is 12.4. The summed E-state index contributed by atoms with van der Waals surface area (Å²) in [7, 11) is 0. The first-order valence-electron chi connectivity index (χ1n) is 6.11. The number of fused-ring (bicyclic) bond motifs is 5. The largest absolute Gasteiger partial charge is 0.339 e. The Morgan fingerprint density at radius 2 is 2.11 bits per heavy atom. The molecule has 4 rings (SSSR count). The second kappa shape index (κ2) is 3.32. The van der Waals surface area contributed by atoms with E-state index in [1.165, 1.54) is 5.69 Å². The molecule has 0 spiro atoms. The number of para-hydroxylation sites is 1. The Bertz CT molecular complexity index is 869. The molecule has 4 aromatic rings. The second-order valence-electron chi connectivity index (χ2n) is 4.40. The van der Waals surface area contributed by atoms with E-state index < -0.39 is 0 Å². The van der Waals surface area contributed by atoms with Crippen LogP contribution in [-0.2, 0) is 6.42 Å². The topological polar surface area (TPSA) is 46.0 Å². The number of H-pyrrole nitrogens is 1. The minimum Gasteiger partial charge on any atom is -0.339 e. The number of aromatic nitrogens is 4. The van der Waals surface area contributed by atoms with Crippen LogP contribution in [0.15, 0.2) is 36.5 Å². The monoisotopic (exact) mass is 236 g/mol. The first-order chi connectivity index (χ1) is 8.88. The van der Waals surface area contributed by atoms with Gasteiger partial charge in [0.25, 0.3) is 0 Å². The maximum Gasteiger partial charge on any atom is 0.236 e. The normalized spacial score (nSPS) is 11.8. The zero-order valence-corrected chi connectivity index (χ0v) is 10.0. The van der Waals surface area contributed by atoms with Gasteiger partial charge in [0.05, 0.1) is 0 Å². The molecular formula is C14H12N4. The van der Waals surface area contributed by atoms with Crippen molar-refractivity contribution in [1.82, 2.24) is 19.4 Å². The van der Waals surface area contributed by atoms with Gasteiger partial charge in [-0.05, 0) is 18.6 Å². The number of hydrogen-bond donors (Lipinski definition) is 1. The number of aryl methyl sites for hydroxylation is 1. The molecule has 0 saturated heterocycles. The van der Waals surface area contributed by atoms with Gasteiger partial charge < -0.3 is 4.98 Å². The quantitative estimate of drug-likeness (QED) is 0.552. The van der Waals surface area contributed by atoms with Crippen LogP contribution in [0.5, 0.6) is 0 Å². The molecule has 0 amide bonds. The van der Waals surface area contributed by atoms with Crippen LogP contribution in [0.3, 0.4) is 0 Å². The van der Waals surface area contributed by atoms with Crippen molar-refractivity contribution in [3.8, 4) is 0 Å². The SMILES string of the molecule is CCc1ccnc2nc3c4ccccc4[nH]c3n12. The van der Waals surface area contributed by atoms with Crippen molar-refractivity contribution < 1.29 is 0 Å². The molecule has 0 aliphatic heterocycles. The molecule has 88 valence electrons. The molecule has 4 nitrogen and oxygen atoms in total. The average molecular weight is 236 g/mol. The summed E-state index contributed by atoms with van der Waals surface area (Å²) in [6.07, 6.45) is 2.78. The van der Waals surface area contributed by atoms with E-state index >= 15 is 0 Å². The summed E-state index contributed by atoms with van der Waals surface area (Å²) in [5.41, 5.74) is 4.37. The van der Waals surface area contributed by atoms with E-state index in [0.717, 1.165) is 34.3 Å². The smallest absolute Gasteiger partial charge is 0.236 e. The minimum atomic E-state index is 0.765. The Morgan fingerprint density at radius 3 is 3.00 bits per heavy atom. The first-order valence-corrected chi connectivity index (χ1v) is 6.11. The molecular weight excluding hydrogens is 224 g/mol. The van der Waals surface area contributed by atoms with Gasteiger partial charge in [-0.1, -0.05) is 25.1 Å². The van der Waals surface area contributed by atoms with Crippen LogP contribution in [0.2, 0.25) is 0 Å². The van der Waals surface area contributed by atoms with Crippen LogP contribution in [-0.4, -0.2) is 19.4 Å². The molecule has 0 aliphatic rings. The number of hydrogen-bond acceptors (Lipinski definition) is 2. The molecule has 0 bridgehead atoms. The van der Waals surface area contributed by atoms with Gasteiger partial charge in [-0.3, -0.25) is 4.40 Å².